The molecule has 1 fully saturated rings. The van der Waals surface area contributed by atoms with E-state index in [1.807, 2.05) is 0 Å². The molecule has 1 N–H and O–H groups in total. The topological polar surface area (TPSA) is 15.3 Å². The molecule has 108 valence electrons. The highest BCUT2D eigenvalue weighted by Crippen LogP contribution is 2.46. The van der Waals surface area contributed by atoms with Crippen LogP contribution in [0.4, 0.5) is 0 Å². The van der Waals surface area contributed by atoms with Crippen LogP contribution in [0.1, 0.15) is 30.0 Å². The van der Waals surface area contributed by atoms with E-state index >= 15 is 0 Å². The quantitative estimate of drug-likeness (QED) is 0.905. The average molecular weight is 278 g/mol. The van der Waals surface area contributed by atoms with Crippen LogP contribution in [0, 0.1) is 0 Å². The number of benzene rings is 2. The zero-order valence-electron chi connectivity index (χ0n) is 12.5. The lowest BCUT2D eigenvalue weighted by Crippen LogP contribution is -2.42. The zero-order chi connectivity index (χ0) is 14.2. The summed E-state index contributed by atoms with van der Waals surface area (Å²) in [5.41, 5.74) is 5.78. The minimum atomic E-state index is 0.417. The third kappa shape index (κ3) is 2.10. The molecule has 0 amide bonds. The summed E-state index contributed by atoms with van der Waals surface area (Å²) in [5, 5.41) is 3.47. The van der Waals surface area contributed by atoms with Gasteiger partial charge in [-0.3, -0.25) is 4.90 Å². The van der Waals surface area contributed by atoms with Crippen molar-refractivity contribution in [2.24, 2.45) is 0 Å². The molecule has 2 aliphatic rings. The fourth-order valence-electron chi connectivity index (χ4n) is 3.99. The Labute approximate surface area is 126 Å². The van der Waals surface area contributed by atoms with Crippen LogP contribution in [0.3, 0.4) is 0 Å². The molecule has 1 saturated heterocycles. The lowest BCUT2D eigenvalue weighted by molar-refractivity contribution is 0.165. The molecular formula is C19H22N2. The van der Waals surface area contributed by atoms with E-state index in [2.05, 4.69) is 65.8 Å². The highest BCUT2D eigenvalue weighted by atomic mass is 15.2. The Morgan fingerprint density at radius 1 is 0.857 bits per heavy atom. The van der Waals surface area contributed by atoms with Gasteiger partial charge >= 0.3 is 0 Å². The fourth-order valence-corrected chi connectivity index (χ4v) is 3.99. The van der Waals surface area contributed by atoms with Crippen LogP contribution < -0.4 is 5.32 Å². The van der Waals surface area contributed by atoms with Gasteiger partial charge in [-0.25, -0.2) is 0 Å². The summed E-state index contributed by atoms with van der Waals surface area (Å²) in [6, 6.07) is 18.9. The Morgan fingerprint density at radius 3 is 1.95 bits per heavy atom. The summed E-state index contributed by atoms with van der Waals surface area (Å²) in [4.78, 5) is 2.60. The Bertz CT molecular complexity index is 598. The van der Waals surface area contributed by atoms with Crippen LogP contribution >= 0.6 is 0 Å². The van der Waals surface area contributed by atoms with Crippen molar-refractivity contribution in [1.29, 1.82) is 0 Å². The van der Waals surface area contributed by atoms with E-state index in [9.17, 15) is 0 Å². The first-order chi connectivity index (χ1) is 10.4. The van der Waals surface area contributed by atoms with Crippen LogP contribution in [0.25, 0.3) is 11.1 Å². The molecule has 2 aromatic carbocycles. The first-order valence-corrected chi connectivity index (χ1v) is 7.97. The summed E-state index contributed by atoms with van der Waals surface area (Å²) in [6.45, 7) is 2.29. The van der Waals surface area contributed by atoms with E-state index in [1.54, 1.807) is 0 Å². The molecule has 1 aliphatic carbocycles. The molecule has 0 saturated carbocycles. The van der Waals surface area contributed by atoms with Gasteiger partial charge in [0.05, 0.1) is 6.04 Å². The van der Waals surface area contributed by atoms with Gasteiger partial charge < -0.3 is 5.32 Å². The van der Waals surface area contributed by atoms with Crippen molar-refractivity contribution in [3.63, 3.8) is 0 Å². The van der Waals surface area contributed by atoms with Gasteiger partial charge in [-0.1, -0.05) is 48.5 Å². The fraction of sp³-hybridized carbons (Fsp3) is 0.368. The van der Waals surface area contributed by atoms with E-state index in [-0.39, 0.29) is 0 Å². The minimum absolute atomic E-state index is 0.417. The van der Waals surface area contributed by atoms with Crippen molar-refractivity contribution in [1.82, 2.24) is 10.2 Å². The number of nitrogens with zero attached hydrogens (tertiary/aromatic N) is 1. The van der Waals surface area contributed by atoms with Gasteiger partial charge in [0.25, 0.3) is 0 Å². The van der Waals surface area contributed by atoms with Crippen LogP contribution in [0.2, 0.25) is 0 Å². The number of piperidine rings is 1. The number of hydrogen-bond acceptors (Lipinski definition) is 2. The maximum atomic E-state index is 3.47. The summed E-state index contributed by atoms with van der Waals surface area (Å²) in [6.07, 6.45) is 2.49. The second-order valence-corrected chi connectivity index (χ2v) is 6.22. The van der Waals surface area contributed by atoms with E-state index in [1.165, 1.54) is 35.1 Å². The Balaban J connectivity index is 1.77. The van der Waals surface area contributed by atoms with E-state index < -0.39 is 0 Å². The molecule has 4 rings (SSSR count). The minimum Gasteiger partial charge on any atom is -0.317 e. The molecule has 2 nitrogen and oxygen atoms in total. The Kier molecular flexibility index (Phi) is 3.28. The van der Waals surface area contributed by atoms with Crippen molar-refractivity contribution in [3.8, 4) is 11.1 Å². The number of fused-ring (bicyclic) bond motifs is 3. The lowest BCUT2D eigenvalue weighted by Gasteiger charge is -2.36. The molecule has 1 aliphatic heterocycles. The third-order valence-corrected chi connectivity index (χ3v) is 5.09. The maximum Gasteiger partial charge on any atom is 0.0613 e. The molecule has 21 heavy (non-hydrogen) atoms. The van der Waals surface area contributed by atoms with Crippen molar-refractivity contribution in [2.45, 2.75) is 24.9 Å². The summed E-state index contributed by atoms with van der Waals surface area (Å²) in [7, 11) is 2.31. The van der Waals surface area contributed by atoms with Gasteiger partial charge in [-0.05, 0) is 55.2 Å². The zero-order valence-corrected chi connectivity index (χ0v) is 12.5. The second-order valence-electron chi connectivity index (χ2n) is 6.22. The highest BCUT2D eigenvalue weighted by molar-refractivity contribution is 5.78. The van der Waals surface area contributed by atoms with Gasteiger partial charge in [0.15, 0.2) is 0 Å². The molecule has 0 atom stereocenters. The highest BCUT2D eigenvalue weighted by Gasteiger charge is 2.34. The number of hydrogen-bond donors (Lipinski definition) is 1. The molecule has 0 aromatic heterocycles. The molecule has 0 radical (unpaired) electrons. The normalized spacial score (nSPS) is 18.8. The van der Waals surface area contributed by atoms with Crippen molar-refractivity contribution >= 4 is 0 Å². The van der Waals surface area contributed by atoms with E-state index in [0.29, 0.717) is 12.1 Å². The first kappa shape index (κ1) is 13.1. The lowest BCUT2D eigenvalue weighted by atomic mass is 9.98. The van der Waals surface area contributed by atoms with Crippen molar-refractivity contribution in [3.05, 3.63) is 59.7 Å². The van der Waals surface area contributed by atoms with Crippen LogP contribution in [0.15, 0.2) is 48.5 Å². The summed E-state index contributed by atoms with van der Waals surface area (Å²) in [5.74, 6) is 0. The monoisotopic (exact) mass is 278 g/mol. The van der Waals surface area contributed by atoms with Crippen LogP contribution in [0.5, 0.6) is 0 Å². The Morgan fingerprint density at radius 2 is 1.38 bits per heavy atom. The second kappa shape index (κ2) is 5.28. The van der Waals surface area contributed by atoms with Gasteiger partial charge in [0, 0.05) is 6.04 Å². The smallest absolute Gasteiger partial charge is 0.0613 e. The summed E-state index contributed by atoms with van der Waals surface area (Å²) < 4.78 is 0. The molecule has 0 spiro atoms. The third-order valence-electron chi connectivity index (χ3n) is 5.09. The van der Waals surface area contributed by atoms with Gasteiger partial charge in [-0.15, -0.1) is 0 Å². The maximum absolute atomic E-state index is 3.47. The number of rotatable bonds is 2. The largest absolute Gasteiger partial charge is 0.317 e. The van der Waals surface area contributed by atoms with Gasteiger partial charge in [0.2, 0.25) is 0 Å². The Hall–Kier alpha value is -1.64. The predicted molar refractivity (Wildman–Crippen MR) is 87.4 cm³/mol. The standard InChI is InChI=1S/C19H22N2/c1-21(14-10-12-20-13-11-14)19-17-8-4-2-6-15(17)16-7-3-5-9-18(16)19/h2-9,14,19-20H,10-13H2,1H3. The van der Waals surface area contributed by atoms with Gasteiger partial charge in [0.1, 0.15) is 0 Å². The molecule has 0 unspecified atom stereocenters. The van der Waals surface area contributed by atoms with E-state index in [0.717, 1.165) is 13.1 Å². The van der Waals surface area contributed by atoms with Crippen molar-refractivity contribution < 1.29 is 0 Å². The average Bonchev–Trinajstić information content (AvgIpc) is 2.90. The molecular weight excluding hydrogens is 256 g/mol. The summed E-state index contributed by atoms with van der Waals surface area (Å²) >= 11 is 0. The SMILES string of the molecule is CN(C1CCNCC1)C1c2ccccc2-c2ccccc21. The molecule has 0 bridgehead atoms. The predicted octanol–water partition coefficient (Wildman–Crippen LogP) is 3.44. The first-order valence-electron chi connectivity index (χ1n) is 7.97. The molecule has 1 heterocycles. The number of nitrogens with one attached hydrogen (secondary N) is 1. The van der Waals surface area contributed by atoms with Gasteiger partial charge in [-0.2, -0.15) is 0 Å². The molecule has 2 heteroatoms. The van der Waals surface area contributed by atoms with Crippen molar-refractivity contribution in [2.75, 3.05) is 20.1 Å². The van der Waals surface area contributed by atoms with E-state index in [4.69, 9.17) is 0 Å². The van der Waals surface area contributed by atoms with Crippen LogP contribution in [-0.4, -0.2) is 31.1 Å². The molecule has 2 aromatic rings. The van der Waals surface area contributed by atoms with Crippen LogP contribution in [-0.2, 0) is 0 Å².